The standard InChI is InChI=1S/C16H18.C15H14O2.C14H14O2/c1-11-7-5-8-12(2)15(11)16-13(3)9-6-10-14(16)4;1-10-5-3-7-12-14(10)15-11(2)6-4-8-13(15)17-9-16-12;1-9-5-3-7-11(15)13(9)14-10(2)6-4-8-12(14)16/h5-10H,1-4H3;3-8H,9H2,1-2H3;3-8,15-16H,1-2H3. The van der Waals surface area contributed by atoms with Crippen molar-refractivity contribution in [2.24, 2.45) is 0 Å². The van der Waals surface area contributed by atoms with E-state index in [9.17, 15) is 10.2 Å². The van der Waals surface area contributed by atoms with Gasteiger partial charge in [0.25, 0.3) is 0 Å². The molecule has 0 atom stereocenters. The Balaban J connectivity index is 0.000000143. The average molecular weight is 651 g/mol. The van der Waals surface area contributed by atoms with Crippen LogP contribution in [0.15, 0.2) is 109 Å². The van der Waals surface area contributed by atoms with Crippen molar-refractivity contribution in [3.05, 3.63) is 154 Å². The molecule has 4 nitrogen and oxygen atoms in total. The van der Waals surface area contributed by atoms with Crippen LogP contribution in [-0.4, -0.2) is 17.0 Å². The van der Waals surface area contributed by atoms with Crippen LogP contribution in [0.4, 0.5) is 0 Å². The zero-order valence-electron chi connectivity index (χ0n) is 29.8. The minimum Gasteiger partial charge on any atom is -0.507 e. The number of hydrogen-bond acceptors (Lipinski definition) is 4. The van der Waals surface area contributed by atoms with Crippen molar-refractivity contribution >= 4 is 0 Å². The minimum absolute atomic E-state index is 0.199. The average Bonchev–Trinajstić information content (AvgIpc) is 3.25. The van der Waals surface area contributed by atoms with Gasteiger partial charge in [0.2, 0.25) is 6.79 Å². The predicted octanol–water partition coefficient (Wildman–Crippen LogP) is 11.7. The second kappa shape index (κ2) is 15.2. The number of benzene rings is 6. The molecule has 6 aromatic carbocycles. The first-order valence-electron chi connectivity index (χ1n) is 16.6. The third kappa shape index (κ3) is 7.49. The van der Waals surface area contributed by atoms with Gasteiger partial charge in [0, 0.05) is 22.3 Å². The van der Waals surface area contributed by atoms with Crippen LogP contribution in [0.5, 0.6) is 23.0 Å². The highest BCUT2D eigenvalue weighted by Crippen LogP contribution is 2.43. The molecule has 0 aliphatic carbocycles. The third-order valence-electron chi connectivity index (χ3n) is 9.11. The summed E-state index contributed by atoms with van der Waals surface area (Å²) in [4.78, 5) is 0. The summed E-state index contributed by atoms with van der Waals surface area (Å²) in [5.41, 5.74) is 16.3. The molecule has 0 radical (unpaired) electrons. The molecule has 6 aromatic rings. The first-order chi connectivity index (χ1) is 23.5. The van der Waals surface area contributed by atoms with E-state index in [1.165, 1.54) is 44.5 Å². The lowest BCUT2D eigenvalue weighted by Crippen LogP contribution is -2.03. The SMILES string of the molecule is Cc1cccc(C)c1-c1c(C)cccc1C.Cc1cccc(O)c1-c1c(C)cccc1O.Cc1cccc2c1-c1c(C)cccc1OCO2. The van der Waals surface area contributed by atoms with Gasteiger partial charge in [-0.15, -0.1) is 0 Å². The first kappa shape index (κ1) is 34.8. The van der Waals surface area contributed by atoms with E-state index in [2.05, 4.69) is 90.1 Å². The maximum absolute atomic E-state index is 9.88. The molecule has 0 saturated carbocycles. The van der Waals surface area contributed by atoms with Gasteiger partial charge in [-0.1, -0.05) is 84.9 Å². The molecule has 2 N–H and O–H groups in total. The molecule has 0 saturated heterocycles. The van der Waals surface area contributed by atoms with Crippen LogP contribution in [0.2, 0.25) is 0 Å². The highest BCUT2D eigenvalue weighted by molar-refractivity contribution is 5.82. The fourth-order valence-electron chi connectivity index (χ4n) is 6.69. The molecule has 49 heavy (non-hydrogen) atoms. The van der Waals surface area contributed by atoms with Crippen molar-refractivity contribution in [1.29, 1.82) is 0 Å². The summed E-state index contributed by atoms with van der Waals surface area (Å²) in [5, 5.41) is 19.8. The summed E-state index contributed by atoms with van der Waals surface area (Å²) < 4.78 is 11.3. The number of rotatable bonds is 2. The Morgan fingerprint density at radius 3 is 0.878 bits per heavy atom. The summed E-state index contributed by atoms with van der Waals surface area (Å²) in [6, 6.07) is 35.9. The molecule has 0 fully saturated rings. The number of fused-ring (bicyclic) bond motifs is 3. The fraction of sp³-hybridized carbons (Fsp3) is 0.200. The third-order valence-corrected chi connectivity index (χ3v) is 9.11. The smallest absolute Gasteiger partial charge is 0.230 e. The van der Waals surface area contributed by atoms with Gasteiger partial charge in [-0.25, -0.2) is 0 Å². The van der Waals surface area contributed by atoms with Gasteiger partial charge in [-0.2, -0.15) is 0 Å². The van der Waals surface area contributed by atoms with Crippen molar-refractivity contribution in [1.82, 2.24) is 0 Å². The van der Waals surface area contributed by atoms with Gasteiger partial charge in [-0.05, 0) is 135 Å². The Morgan fingerprint density at radius 1 is 0.327 bits per heavy atom. The van der Waals surface area contributed by atoms with Gasteiger partial charge in [0.1, 0.15) is 23.0 Å². The molecule has 0 aromatic heterocycles. The largest absolute Gasteiger partial charge is 0.507 e. The predicted molar refractivity (Wildman–Crippen MR) is 203 cm³/mol. The molecular weight excluding hydrogens is 604 g/mol. The van der Waals surface area contributed by atoms with Crippen LogP contribution in [0.1, 0.15) is 44.5 Å². The number of aromatic hydroxyl groups is 2. The van der Waals surface area contributed by atoms with Gasteiger partial charge >= 0.3 is 0 Å². The molecule has 250 valence electrons. The van der Waals surface area contributed by atoms with E-state index < -0.39 is 0 Å². The summed E-state index contributed by atoms with van der Waals surface area (Å²) >= 11 is 0. The number of aryl methyl sites for hydroxylation is 8. The van der Waals surface area contributed by atoms with Crippen LogP contribution < -0.4 is 9.47 Å². The monoisotopic (exact) mass is 650 g/mol. The topological polar surface area (TPSA) is 58.9 Å². The lowest BCUT2D eigenvalue weighted by Gasteiger charge is -2.15. The molecule has 1 aliphatic rings. The van der Waals surface area contributed by atoms with Crippen LogP contribution in [-0.2, 0) is 0 Å². The molecule has 0 spiro atoms. The molecular formula is C45H46O4. The van der Waals surface area contributed by atoms with E-state index in [4.69, 9.17) is 9.47 Å². The number of phenolic OH excluding ortho intramolecular Hbond substituents is 2. The second-order valence-corrected chi connectivity index (χ2v) is 12.8. The zero-order chi connectivity index (χ0) is 35.2. The lowest BCUT2D eigenvalue weighted by molar-refractivity contribution is 0.124. The molecule has 1 heterocycles. The van der Waals surface area contributed by atoms with E-state index in [0.717, 1.165) is 33.8 Å². The van der Waals surface area contributed by atoms with Crippen LogP contribution in [0, 0.1) is 55.4 Å². The highest BCUT2D eigenvalue weighted by atomic mass is 16.7. The van der Waals surface area contributed by atoms with Crippen molar-refractivity contribution in [3.63, 3.8) is 0 Å². The lowest BCUT2D eigenvalue weighted by atomic mass is 9.90. The van der Waals surface area contributed by atoms with Crippen molar-refractivity contribution < 1.29 is 19.7 Å². The zero-order valence-corrected chi connectivity index (χ0v) is 29.8. The van der Waals surface area contributed by atoms with Crippen molar-refractivity contribution in [2.45, 2.75) is 55.4 Å². The van der Waals surface area contributed by atoms with Crippen LogP contribution >= 0.6 is 0 Å². The molecule has 0 unspecified atom stereocenters. The van der Waals surface area contributed by atoms with E-state index in [-0.39, 0.29) is 18.3 Å². The van der Waals surface area contributed by atoms with Crippen molar-refractivity contribution in [2.75, 3.05) is 6.79 Å². The minimum atomic E-state index is 0.199. The van der Waals surface area contributed by atoms with E-state index in [1.807, 2.05) is 50.2 Å². The number of hydrogen-bond donors (Lipinski definition) is 2. The van der Waals surface area contributed by atoms with E-state index in [1.54, 1.807) is 24.3 Å². The van der Waals surface area contributed by atoms with Gasteiger partial charge in [0.15, 0.2) is 0 Å². The Labute approximate surface area is 291 Å². The van der Waals surface area contributed by atoms with Gasteiger partial charge < -0.3 is 19.7 Å². The number of phenols is 2. The second-order valence-electron chi connectivity index (χ2n) is 12.8. The Morgan fingerprint density at radius 2 is 0.571 bits per heavy atom. The van der Waals surface area contributed by atoms with Gasteiger partial charge in [-0.3, -0.25) is 0 Å². The molecule has 1 aliphatic heterocycles. The van der Waals surface area contributed by atoms with Gasteiger partial charge in [0.05, 0.1) is 0 Å². The van der Waals surface area contributed by atoms with E-state index in [0.29, 0.717) is 11.1 Å². The maximum Gasteiger partial charge on any atom is 0.230 e. The summed E-state index contributed by atoms with van der Waals surface area (Å²) in [6.07, 6.45) is 0. The molecule has 0 bridgehead atoms. The normalized spacial score (nSPS) is 11.3. The maximum atomic E-state index is 9.88. The van der Waals surface area contributed by atoms with E-state index >= 15 is 0 Å². The molecule has 7 rings (SSSR count). The highest BCUT2D eigenvalue weighted by Gasteiger charge is 2.19. The molecule has 4 heteroatoms. The number of ether oxygens (including phenoxy) is 2. The summed E-state index contributed by atoms with van der Waals surface area (Å²) in [7, 11) is 0. The fourth-order valence-corrected chi connectivity index (χ4v) is 6.69. The van der Waals surface area contributed by atoms with Crippen LogP contribution in [0.3, 0.4) is 0 Å². The quantitative estimate of drug-likeness (QED) is 0.196. The van der Waals surface area contributed by atoms with Crippen molar-refractivity contribution in [3.8, 4) is 56.4 Å². The van der Waals surface area contributed by atoms with Crippen LogP contribution in [0.25, 0.3) is 33.4 Å². The first-order valence-corrected chi connectivity index (χ1v) is 16.6. The summed E-state index contributed by atoms with van der Waals surface area (Å²) in [6.45, 7) is 17.1. The molecule has 0 amide bonds. The Kier molecular flexibility index (Phi) is 10.8. The Bertz CT molecular complexity index is 1780. The summed E-state index contributed by atoms with van der Waals surface area (Å²) in [5.74, 6) is 2.20. The Hall–Kier alpha value is -5.48.